The van der Waals surface area contributed by atoms with Crippen molar-refractivity contribution in [3.05, 3.63) is 47.3 Å². The van der Waals surface area contributed by atoms with Gasteiger partial charge in [-0.15, -0.1) is 0 Å². The molecule has 0 saturated carbocycles. The Morgan fingerprint density at radius 1 is 1.19 bits per heavy atom. The first-order valence-electron chi connectivity index (χ1n) is 8.28. The number of benzene rings is 1. The summed E-state index contributed by atoms with van der Waals surface area (Å²) in [4.78, 5) is 30.4. The first kappa shape index (κ1) is 17.7. The van der Waals surface area contributed by atoms with Gasteiger partial charge in [-0.2, -0.15) is 0 Å². The molecule has 0 atom stereocenters. The Bertz CT molecular complexity index is 851. The molecule has 1 aromatic heterocycles. The van der Waals surface area contributed by atoms with Gasteiger partial charge in [-0.1, -0.05) is 0 Å². The van der Waals surface area contributed by atoms with E-state index in [1.807, 2.05) is 0 Å². The Hall–Kier alpha value is -3.09. The van der Waals surface area contributed by atoms with Crippen molar-refractivity contribution in [2.24, 2.45) is 0 Å². The lowest BCUT2D eigenvalue weighted by molar-refractivity contribution is -0.129. The second-order valence-corrected chi connectivity index (χ2v) is 6.04. The van der Waals surface area contributed by atoms with Gasteiger partial charge in [0.25, 0.3) is 5.91 Å². The smallest absolute Gasteiger partial charge is 0.257 e. The van der Waals surface area contributed by atoms with Crippen molar-refractivity contribution in [1.29, 1.82) is 0 Å². The molecule has 0 radical (unpaired) electrons. The molecule has 0 unspecified atom stereocenters. The van der Waals surface area contributed by atoms with E-state index < -0.39 is 0 Å². The van der Waals surface area contributed by atoms with Crippen LogP contribution in [0.5, 0.6) is 11.5 Å². The molecule has 2 aromatic rings. The minimum atomic E-state index is -0.267. The molecular formula is C19H21N3O4. The summed E-state index contributed by atoms with van der Waals surface area (Å²) in [5, 5.41) is 2.87. The summed E-state index contributed by atoms with van der Waals surface area (Å²) in [5.74, 6) is 0.912. The molecule has 0 bridgehead atoms. The van der Waals surface area contributed by atoms with Gasteiger partial charge in [0.05, 0.1) is 25.5 Å². The normalized spacial score (nSPS) is 13.0. The lowest BCUT2D eigenvalue weighted by Crippen LogP contribution is -2.35. The summed E-state index contributed by atoms with van der Waals surface area (Å²) >= 11 is 0. The first-order chi connectivity index (χ1) is 12.5. The SMILES string of the molecule is COc1ccc(OC)c(NC(=O)c2cncc3c2CCN(C(C)=O)C3)c1. The number of aromatic nitrogens is 1. The molecule has 0 aliphatic carbocycles. The monoisotopic (exact) mass is 355 g/mol. The minimum Gasteiger partial charge on any atom is -0.497 e. The molecule has 1 N–H and O–H groups in total. The van der Waals surface area contributed by atoms with Crippen LogP contribution in [0.1, 0.15) is 28.4 Å². The number of hydrogen-bond acceptors (Lipinski definition) is 5. The second kappa shape index (κ2) is 7.43. The second-order valence-electron chi connectivity index (χ2n) is 6.04. The molecule has 2 heterocycles. The van der Waals surface area contributed by atoms with Crippen LogP contribution in [0.3, 0.4) is 0 Å². The fourth-order valence-electron chi connectivity index (χ4n) is 3.06. The van der Waals surface area contributed by atoms with Gasteiger partial charge in [0.15, 0.2) is 0 Å². The van der Waals surface area contributed by atoms with Crippen LogP contribution in [0.4, 0.5) is 5.69 Å². The third kappa shape index (κ3) is 3.46. The molecule has 7 nitrogen and oxygen atoms in total. The van der Waals surface area contributed by atoms with E-state index in [9.17, 15) is 9.59 Å². The van der Waals surface area contributed by atoms with Gasteiger partial charge in [-0.05, 0) is 29.7 Å². The number of carbonyl (C=O) groups is 2. The molecular weight excluding hydrogens is 334 g/mol. The summed E-state index contributed by atoms with van der Waals surface area (Å²) in [7, 11) is 3.10. The van der Waals surface area contributed by atoms with Crippen LogP contribution < -0.4 is 14.8 Å². The van der Waals surface area contributed by atoms with Crippen molar-refractivity contribution in [2.45, 2.75) is 19.9 Å². The van der Waals surface area contributed by atoms with Crippen molar-refractivity contribution in [2.75, 3.05) is 26.1 Å². The van der Waals surface area contributed by atoms with Crippen molar-refractivity contribution < 1.29 is 19.1 Å². The highest BCUT2D eigenvalue weighted by atomic mass is 16.5. The molecule has 1 aliphatic heterocycles. The van der Waals surface area contributed by atoms with E-state index in [1.165, 1.54) is 0 Å². The highest BCUT2D eigenvalue weighted by Crippen LogP contribution is 2.30. The number of nitrogens with one attached hydrogen (secondary N) is 1. The first-order valence-corrected chi connectivity index (χ1v) is 8.28. The Balaban J connectivity index is 1.88. The van der Waals surface area contributed by atoms with E-state index in [4.69, 9.17) is 9.47 Å². The molecule has 26 heavy (non-hydrogen) atoms. The molecule has 3 rings (SSSR count). The summed E-state index contributed by atoms with van der Waals surface area (Å²) in [6, 6.07) is 5.20. The molecule has 1 aromatic carbocycles. The molecule has 7 heteroatoms. The zero-order valence-electron chi connectivity index (χ0n) is 15.0. The largest absolute Gasteiger partial charge is 0.497 e. The van der Waals surface area contributed by atoms with E-state index in [0.29, 0.717) is 42.3 Å². The molecule has 0 fully saturated rings. The van der Waals surface area contributed by atoms with E-state index in [1.54, 1.807) is 56.6 Å². The Morgan fingerprint density at radius 3 is 2.69 bits per heavy atom. The Morgan fingerprint density at radius 2 is 2.00 bits per heavy atom. The molecule has 0 spiro atoms. The highest BCUT2D eigenvalue weighted by Gasteiger charge is 2.23. The minimum absolute atomic E-state index is 0.0200. The van der Waals surface area contributed by atoms with E-state index in [2.05, 4.69) is 10.3 Å². The number of amides is 2. The van der Waals surface area contributed by atoms with Crippen LogP contribution in [0.15, 0.2) is 30.6 Å². The maximum absolute atomic E-state index is 12.8. The van der Waals surface area contributed by atoms with Crippen LogP contribution in [-0.2, 0) is 17.8 Å². The Kier molecular flexibility index (Phi) is 5.06. The predicted molar refractivity (Wildman–Crippen MR) is 96.5 cm³/mol. The van der Waals surface area contributed by atoms with Gasteiger partial charge in [-0.25, -0.2) is 0 Å². The maximum atomic E-state index is 12.8. The molecule has 1 aliphatic rings. The maximum Gasteiger partial charge on any atom is 0.257 e. The van der Waals surface area contributed by atoms with E-state index in [-0.39, 0.29) is 11.8 Å². The average Bonchev–Trinajstić information content (AvgIpc) is 2.66. The van der Waals surface area contributed by atoms with Gasteiger partial charge in [0.2, 0.25) is 5.91 Å². The van der Waals surface area contributed by atoms with Crippen LogP contribution in [0.25, 0.3) is 0 Å². The number of carbonyl (C=O) groups excluding carboxylic acids is 2. The fraction of sp³-hybridized carbons (Fsp3) is 0.316. The van der Waals surface area contributed by atoms with Crippen LogP contribution in [0.2, 0.25) is 0 Å². The fourth-order valence-corrected chi connectivity index (χ4v) is 3.06. The predicted octanol–water partition coefficient (Wildman–Crippen LogP) is 2.26. The zero-order chi connectivity index (χ0) is 18.7. The van der Waals surface area contributed by atoms with Crippen LogP contribution in [0, 0.1) is 0 Å². The van der Waals surface area contributed by atoms with Gasteiger partial charge in [-0.3, -0.25) is 14.6 Å². The number of ether oxygens (including phenoxy) is 2. The highest BCUT2D eigenvalue weighted by molar-refractivity contribution is 6.06. The van der Waals surface area contributed by atoms with Gasteiger partial charge < -0.3 is 19.7 Å². The average molecular weight is 355 g/mol. The quantitative estimate of drug-likeness (QED) is 0.910. The third-order valence-corrected chi connectivity index (χ3v) is 4.48. The summed E-state index contributed by atoms with van der Waals surface area (Å²) in [5.41, 5.74) is 2.86. The number of methoxy groups -OCH3 is 2. The lowest BCUT2D eigenvalue weighted by Gasteiger charge is -2.28. The van der Waals surface area contributed by atoms with Gasteiger partial charge in [0.1, 0.15) is 11.5 Å². The van der Waals surface area contributed by atoms with Gasteiger partial charge in [0, 0.05) is 38.5 Å². The van der Waals surface area contributed by atoms with Gasteiger partial charge >= 0.3 is 0 Å². The standard InChI is InChI=1S/C19H21N3O4/c1-12(23)22-7-6-15-13(11-22)9-20-10-16(15)19(24)21-17-8-14(25-2)4-5-18(17)26-3/h4-5,8-10H,6-7,11H2,1-3H3,(H,21,24). The van der Waals surface area contributed by atoms with Crippen molar-refractivity contribution in [3.8, 4) is 11.5 Å². The van der Waals surface area contributed by atoms with Crippen molar-refractivity contribution >= 4 is 17.5 Å². The lowest BCUT2D eigenvalue weighted by atomic mass is 9.96. The summed E-state index contributed by atoms with van der Waals surface area (Å²) < 4.78 is 10.5. The Labute approximate surface area is 151 Å². The molecule has 0 saturated heterocycles. The zero-order valence-corrected chi connectivity index (χ0v) is 15.0. The number of hydrogen-bond donors (Lipinski definition) is 1. The number of pyridine rings is 1. The summed E-state index contributed by atoms with van der Waals surface area (Å²) in [6.07, 6.45) is 3.90. The van der Waals surface area contributed by atoms with E-state index >= 15 is 0 Å². The molecule has 136 valence electrons. The number of anilines is 1. The van der Waals surface area contributed by atoms with Crippen molar-refractivity contribution in [1.82, 2.24) is 9.88 Å². The number of fused-ring (bicyclic) bond motifs is 1. The summed E-state index contributed by atoms with van der Waals surface area (Å²) in [6.45, 7) is 2.61. The van der Waals surface area contributed by atoms with E-state index in [0.717, 1.165) is 11.1 Å². The van der Waals surface area contributed by atoms with Crippen molar-refractivity contribution in [3.63, 3.8) is 0 Å². The van der Waals surface area contributed by atoms with Crippen LogP contribution in [-0.4, -0.2) is 42.5 Å². The third-order valence-electron chi connectivity index (χ3n) is 4.48. The topological polar surface area (TPSA) is 80.8 Å². The molecule has 2 amide bonds. The number of rotatable bonds is 4. The van der Waals surface area contributed by atoms with Crippen LogP contribution >= 0.6 is 0 Å². The number of nitrogens with zero attached hydrogens (tertiary/aromatic N) is 2.